The zero-order valence-electron chi connectivity index (χ0n) is 15.3. The smallest absolute Gasteiger partial charge is 0.141 e. The molecule has 9 heteroatoms. The average Bonchev–Trinajstić information content (AvgIpc) is 3.07. The number of nitrogens with two attached hydrogens (primary N) is 2. The highest BCUT2D eigenvalue weighted by molar-refractivity contribution is 6.14. The lowest BCUT2D eigenvalue weighted by Crippen LogP contribution is -2.24. The second-order valence-electron chi connectivity index (χ2n) is 6.31. The summed E-state index contributed by atoms with van der Waals surface area (Å²) in [5.74, 6) is 0.635. The van der Waals surface area contributed by atoms with Crippen molar-refractivity contribution in [3.05, 3.63) is 83.4 Å². The Kier molecular flexibility index (Phi) is 5.56. The number of aliphatic imine (C=N–C) groups is 1. The van der Waals surface area contributed by atoms with Gasteiger partial charge in [0, 0.05) is 5.56 Å². The molecule has 8 nitrogen and oxygen atoms in total. The number of nitrogen functional groups attached to an aromatic ring is 2. The summed E-state index contributed by atoms with van der Waals surface area (Å²) in [6.45, 7) is 0.662. The third-order valence-electron chi connectivity index (χ3n) is 4.44. The van der Waals surface area contributed by atoms with E-state index in [4.69, 9.17) is 27.3 Å². The number of anilines is 1. The molecule has 0 saturated carbocycles. The van der Waals surface area contributed by atoms with Crippen LogP contribution in [0, 0.1) is 10.8 Å². The molecule has 2 aromatic heterocycles. The van der Waals surface area contributed by atoms with E-state index in [0.717, 1.165) is 22.6 Å². The minimum Gasteiger partial charge on any atom is -0.382 e. The number of benzene rings is 1. The lowest BCUT2D eigenvalue weighted by atomic mass is 10.1. The number of amidine groups is 3. The standard InChI is InChI=1S/C20H18N8.ClH/c21-18(22)16-7-5-13(9-25-16)27-20-15-4-2-1-3-12(15)11-28(20)14-6-8-17(19(23)24)26-10-14;/h1-10H,11H2,(H3,21,22)(H3,23,24);1H. The summed E-state index contributed by atoms with van der Waals surface area (Å²) in [5.41, 5.74) is 15.5. The fourth-order valence-electron chi connectivity index (χ4n) is 3.04. The van der Waals surface area contributed by atoms with E-state index in [1.54, 1.807) is 30.6 Å². The predicted molar refractivity (Wildman–Crippen MR) is 117 cm³/mol. The van der Waals surface area contributed by atoms with Crippen molar-refractivity contribution < 1.29 is 0 Å². The zero-order valence-corrected chi connectivity index (χ0v) is 16.1. The van der Waals surface area contributed by atoms with Crippen molar-refractivity contribution in [2.24, 2.45) is 16.5 Å². The van der Waals surface area contributed by atoms with Crippen molar-refractivity contribution >= 4 is 41.3 Å². The van der Waals surface area contributed by atoms with Crippen molar-refractivity contribution in [2.45, 2.75) is 6.54 Å². The molecule has 0 spiro atoms. The number of rotatable bonds is 4. The Morgan fingerprint density at radius 1 is 0.897 bits per heavy atom. The molecule has 0 radical (unpaired) electrons. The summed E-state index contributed by atoms with van der Waals surface area (Å²) in [6.07, 6.45) is 3.29. The first-order valence-corrected chi connectivity index (χ1v) is 8.58. The van der Waals surface area contributed by atoms with Gasteiger partial charge in [-0.15, -0.1) is 12.4 Å². The van der Waals surface area contributed by atoms with Crippen molar-refractivity contribution in [1.82, 2.24) is 9.97 Å². The average molecular weight is 407 g/mol. The van der Waals surface area contributed by atoms with Gasteiger partial charge in [0.1, 0.15) is 28.9 Å². The third-order valence-corrected chi connectivity index (χ3v) is 4.44. The second-order valence-corrected chi connectivity index (χ2v) is 6.31. The van der Waals surface area contributed by atoms with E-state index in [1.807, 2.05) is 24.3 Å². The fourth-order valence-corrected chi connectivity index (χ4v) is 3.04. The molecule has 0 bridgehead atoms. The first-order chi connectivity index (χ1) is 13.5. The Morgan fingerprint density at radius 3 is 2.14 bits per heavy atom. The number of pyridine rings is 2. The van der Waals surface area contributed by atoms with Crippen LogP contribution in [0.4, 0.5) is 11.4 Å². The molecule has 0 unspecified atom stereocenters. The van der Waals surface area contributed by atoms with Crippen LogP contribution >= 0.6 is 12.4 Å². The quantitative estimate of drug-likeness (QED) is 0.389. The van der Waals surface area contributed by atoms with Gasteiger partial charge < -0.3 is 16.4 Å². The van der Waals surface area contributed by atoms with E-state index in [0.29, 0.717) is 23.6 Å². The Labute approximate surface area is 173 Å². The first kappa shape index (κ1) is 20.0. The number of halogens is 1. The van der Waals surface area contributed by atoms with Crippen LogP contribution in [0.15, 0.2) is 65.9 Å². The van der Waals surface area contributed by atoms with Crippen LogP contribution in [0.25, 0.3) is 0 Å². The van der Waals surface area contributed by atoms with E-state index in [-0.39, 0.29) is 24.1 Å². The lowest BCUT2D eigenvalue weighted by molar-refractivity contribution is 1.04. The summed E-state index contributed by atoms with van der Waals surface area (Å²) in [6, 6.07) is 15.1. The normalized spacial score (nSPS) is 13.7. The van der Waals surface area contributed by atoms with Crippen LogP contribution in [0.3, 0.4) is 0 Å². The predicted octanol–water partition coefficient (Wildman–Crippen LogP) is 2.57. The van der Waals surface area contributed by atoms with Crippen LogP contribution in [-0.4, -0.2) is 27.5 Å². The van der Waals surface area contributed by atoms with Gasteiger partial charge in [0.25, 0.3) is 0 Å². The van der Waals surface area contributed by atoms with Crippen molar-refractivity contribution in [1.29, 1.82) is 10.8 Å². The monoisotopic (exact) mass is 406 g/mol. The van der Waals surface area contributed by atoms with Gasteiger partial charge in [0.2, 0.25) is 0 Å². The van der Waals surface area contributed by atoms with E-state index >= 15 is 0 Å². The Morgan fingerprint density at radius 2 is 1.55 bits per heavy atom. The Bertz CT molecular complexity index is 1090. The molecule has 1 aliphatic rings. The van der Waals surface area contributed by atoms with Crippen LogP contribution < -0.4 is 16.4 Å². The van der Waals surface area contributed by atoms with Crippen LogP contribution in [0.2, 0.25) is 0 Å². The first-order valence-electron chi connectivity index (χ1n) is 8.58. The summed E-state index contributed by atoms with van der Waals surface area (Å²) < 4.78 is 0. The van der Waals surface area contributed by atoms with E-state index in [2.05, 4.69) is 20.9 Å². The van der Waals surface area contributed by atoms with Gasteiger partial charge in [0.15, 0.2) is 0 Å². The van der Waals surface area contributed by atoms with Crippen LogP contribution in [-0.2, 0) is 6.54 Å². The highest BCUT2D eigenvalue weighted by atomic mass is 35.5. The molecule has 0 atom stereocenters. The molecule has 0 saturated heterocycles. The number of fused-ring (bicyclic) bond motifs is 1. The molecule has 3 heterocycles. The van der Waals surface area contributed by atoms with Gasteiger partial charge in [-0.05, 0) is 29.8 Å². The largest absolute Gasteiger partial charge is 0.382 e. The Balaban J connectivity index is 0.00000240. The highest BCUT2D eigenvalue weighted by Gasteiger charge is 2.26. The van der Waals surface area contributed by atoms with Gasteiger partial charge in [-0.3, -0.25) is 20.8 Å². The van der Waals surface area contributed by atoms with E-state index < -0.39 is 0 Å². The molecule has 29 heavy (non-hydrogen) atoms. The van der Waals surface area contributed by atoms with Crippen molar-refractivity contribution in [3.8, 4) is 0 Å². The van der Waals surface area contributed by atoms with E-state index in [9.17, 15) is 0 Å². The zero-order chi connectivity index (χ0) is 19.7. The summed E-state index contributed by atoms with van der Waals surface area (Å²) in [7, 11) is 0. The molecule has 0 aliphatic carbocycles. The maximum Gasteiger partial charge on any atom is 0.141 e. The number of hydrogen-bond acceptors (Lipinski definition) is 5. The summed E-state index contributed by atoms with van der Waals surface area (Å²) in [4.78, 5) is 15.3. The van der Waals surface area contributed by atoms with Gasteiger partial charge in [-0.2, -0.15) is 0 Å². The highest BCUT2D eigenvalue weighted by Crippen LogP contribution is 2.30. The molecule has 1 aliphatic heterocycles. The Hall–Kier alpha value is -3.78. The van der Waals surface area contributed by atoms with Crippen molar-refractivity contribution in [3.63, 3.8) is 0 Å². The fraction of sp³-hybridized carbons (Fsp3) is 0.0500. The van der Waals surface area contributed by atoms with Crippen LogP contribution in [0.5, 0.6) is 0 Å². The number of aromatic nitrogens is 2. The maximum absolute atomic E-state index is 7.50. The molecule has 1 aromatic carbocycles. The maximum atomic E-state index is 7.50. The molecule has 6 N–H and O–H groups in total. The summed E-state index contributed by atoms with van der Waals surface area (Å²) >= 11 is 0. The van der Waals surface area contributed by atoms with E-state index in [1.165, 1.54) is 0 Å². The minimum atomic E-state index is -0.0799. The SMILES string of the molecule is Cl.N=C(N)c1ccc(N=C2c3ccccc3CN2c2ccc(C(=N)N)nc2)cn1. The van der Waals surface area contributed by atoms with Crippen molar-refractivity contribution in [2.75, 3.05) is 4.90 Å². The molecule has 0 amide bonds. The van der Waals surface area contributed by atoms with Gasteiger partial charge >= 0.3 is 0 Å². The molecular formula is C20H19ClN8. The molecular weight excluding hydrogens is 388 g/mol. The molecule has 3 aromatic rings. The number of nitrogens with zero attached hydrogens (tertiary/aromatic N) is 4. The lowest BCUT2D eigenvalue weighted by Gasteiger charge is -2.19. The molecule has 0 fully saturated rings. The van der Waals surface area contributed by atoms with Crippen LogP contribution in [0.1, 0.15) is 22.5 Å². The minimum absolute atomic E-state index is 0. The topological polar surface area (TPSA) is 141 Å². The number of nitrogens with one attached hydrogen (secondary N) is 2. The van der Waals surface area contributed by atoms with Gasteiger partial charge in [0.05, 0.1) is 30.3 Å². The number of hydrogen-bond donors (Lipinski definition) is 4. The molecule has 4 rings (SSSR count). The van der Waals surface area contributed by atoms with Gasteiger partial charge in [-0.1, -0.05) is 24.3 Å². The summed E-state index contributed by atoms with van der Waals surface area (Å²) in [5, 5.41) is 15.0. The third kappa shape index (κ3) is 3.92. The van der Waals surface area contributed by atoms with Gasteiger partial charge in [-0.25, -0.2) is 4.99 Å². The molecule has 146 valence electrons. The second kappa shape index (κ2) is 8.07.